The van der Waals surface area contributed by atoms with Gasteiger partial charge in [0, 0.05) is 6.61 Å². The Labute approximate surface area is 149 Å². The highest BCUT2D eigenvalue weighted by molar-refractivity contribution is 5.25. The molecule has 2 aliphatic carbocycles. The molecule has 2 saturated carbocycles. The van der Waals surface area contributed by atoms with Crippen LogP contribution in [0.4, 0.5) is 13.2 Å². The summed E-state index contributed by atoms with van der Waals surface area (Å²) in [5.74, 6) is -2.22. The van der Waals surface area contributed by atoms with Crippen LogP contribution in [0.15, 0.2) is 12.1 Å². The van der Waals surface area contributed by atoms with Crippen LogP contribution in [0.5, 0.6) is 0 Å². The molecule has 1 aromatic rings. The van der Waals surface area contributed by atoms with Crippen LogP contribution in [0.1, 0.15) is 76.2 Å². The lowest BCUT2D eigenvalue weighted by Crippen LogP contribution is -2.34. The van der Waals surface area contributed by atoms with E-state index in [0.717, 1.165) is 57.6 Å². The Bertz CT molecular complexity index is 575. The zero-order valence-electron chi connectivity index (χ0n) is 15.1. The number of halogens is 3. The number of rotatable bonds is 6. The highest BCUT2D eigenvalue weighted by Gasteiger charge is 2.37. The van der Waals surface area contributed by atoms with Gasteiger partial charge in [-0.25, -0.2) is 13.2 Å². The van der Waals surface area contributed by atoms with E-state index in [0.29, 0.717) is 23.5 Å². The van der Waals surface area contributed by atoms with Crippen LogP contribution < -0.4 is 0 Å². The summed E-state index contributed by atoms with van der Waals surface area (Å²) in [4.78, 5) is 0. The predicted molar refractivity (Wildman–Crippen MR) is 93.0 cm³/mol. The van der Waals surface area contributed by atoms with E-state index >= 15 is 0 Å². The zero-order chi connectivity index (χ0) is 17.8. The van der Waals surface area contributed by atoms with Gasteiger partial charge in [-0.05, 0) is 74.3 Å². The van der Waals surface area contributed by atoms with E-state index in [1.165, 1.54) is 18.9 Å². The van der Waals surface area contributed by atoms with Crippen molar-refractivity contribution >= 4 is 0 Å². The van der Waals surface area contributed by atoms with Gasteiger partial charge in [-0.3, -0.25) is 0 Å². The maximum absolute atomic E-state index is 14.1. The molecule has 0 heterocycles. The molecule has 25 heavy (non-hydrogen) atoms. The third kappa shape index (κ3) is 4.39. The fourth-order valence-electron chi connectivity index (χ4n) is 4.74. The zero-order valence-corrected chi connectivity index (χ0v) is 15.1. The molecule has 2 fully saturated rings. The number of unbranched alkanes of at least 4 members (excludes halogenated alkanes) is 2. The fraction of sp³-hybridized carbons (Fsp3) is 0.714. The highest BCUT2D eigenvalue weighted by Crippen LogP contribution is 2.47. The number of ether oxygens (including phenoxy) is 1. The Balaban J connectivity index is 1.55. The first-order valence-electron chi connectivity index (χ1n) is 9.85. The maximum atomic E-state index is 14.1. The van der Waals surface area contributed by atoms with Crippen LogP contribution in [0.2, 0.25) is 0 Å². The molecule has 0 spiro atoms. The van der Waals surface area contributed by atoms with Crippen molar-refractivity contribution in [2.24, 2.45) is 11.8 Å². The summed E-state index contributed by atoms with van der Waals surface area (Å²) >= 11 is 0. The van der Waals surface area contributed by atoms with Crippen LogP contribution in [0.25, 0.3) is 0 Å². The molecule has 4 unspecified atom stereocenters. The number of hydrogen-bond donors (Lipinski definition) is 0. The third-order valence-electron chi connectivity index (χ3n) is 6.17. The van der Waals surface area contributed by atoms with Gasteiger partial charge in [0.15, 0.2) is 17.5 Å². The summed E-state index contributed by atoms with van der Waals surface area (Å²) < 4.78 is 46.8. The van der Waals surface area contributed by atoms with Crippen LogP contribution >= 0.6 is 0 Å². The molecule has 0 saturated heterocycles. The SMILES string of the molecule is CCCCCOC1CCC2CC(c3ccc(F)c(F)c3F)CCC2C1. The van der Waals surface area contributed by atoms with E-state index in [2.05, 4.69) is 6.92 Å². The average Bonchev–Trinajstić information content (AvgIpc) is 2.63. The molecule has 4 heteroatoms. The minimum atomic E-state index is -1.33. The molecule has 0 radical (unpaired) electrons. The number of hydrogen-bond acceptors (Lipinski definition) is 1. The molecule has 0 amide bonds. The van der Waals surface area contributed by atoms with E-state index < -0.39 is 17.5 Å². The molecular formula is C21H29F3O. The molecule has 3 rings (SSSR count). The van der Waals surface area contributed by atoms with E-state index in [-0.39, 0.29) is 5.92 Å². The molecule has 0 aromatic heterocycles. The lowest BCUT2D eigenvalue weighted by molar-refractivity contribution is -0.0164. The molecule has 140 valence electrons. The minimum absolute atomic E-state index is 0.0124. The standard InChI is InChI=1S/C21H29F3O/c1-2-3-4-11-25-17-8-7-14-12-16(6-5-15(14)13-17)18-9-10-19(22)21(24)20(18)23/h9-10,14-17H,2-8,11-13H2,1H3. The fourth-order valence-corrected chi connectivity index (χ4v) is 4.74. The second-order valence-electron chi connectivity index (χ2n) is 7.81. The Kier molecular flexibility index (Phi) is 6.43. The summed E-state index contributed by atoms with van der Waals surface area (Å²) in [5, 5.41) is 0. The van der Waals surface area contributed by atoms with Gasteiger partial charge < -0.3 is 4.74 Å². The van der Waals surface area contributed by atoms with Gasteiger partial charge in [-0.15, -0.1) is 0 Å². The minimum Gasteiger partial charge on any atom is -0.378 e. The first-order chi connectivity index (χ1) is 12.1. The van der Waals surface area contributed by atoms with E-state index in [1.807, 2.05) is 0 Å². The first kappa shape index (κ1) is 18.8. The van der Waals surface area contributed by atoms with Crippen molar-refractivity contribution in [2.45, 2.75) is 76.7 Å². The molecular weight excluding hydrogens is 325 g/mol. The Morgan fingerprint density at radius 2 is 1.68 bits per heavy atom. The van der Waals surface area contributed by atoms with Crippen LogP contribution in [0, 0.1) is 29.3 Å². The summed E-state index contributed by atoms with van der Waals surface area (Å²) in [7, 11) is 0. The largest absolute Gasteiger partial charge is 0.378 e. The molecule has 1 aromatic carbocycles. The molecule has 1 nitrogen and oxygen atoms in total. The van der Waals surface area contributed by atoms with E-state index in [4.69, 9.17) is 4.74 Å². The summed E-state index contributed by atoms with van der Waals surface area (Å²) in [6.45, 7) is 3.05. The van der Waals surface area contributed by atoms with Crippen molar-refractivity contribution in [3.8, 4) is 0 Å². The quantitative estimate of drug-likeness (QED) is 0.426. The molecule has 0 bridgehead atoms. The van der Waals surface area contributed by atoms with Crippen LogP contribution in [0.3, 0.4) is 0 Å². The Hall–Kier alpha value is -1.03. The van der Waals surface area contributed by atoms with Gasteiger partial charge in [0.2, 0.25) is 0 Å². The second kappa shape index (κ2) is 8.57. The predicted octanol–water partition coefficient (Wildman–Crippen LogP) is 6.36. The third-order valence-corrected chi connectivity index (χ3v) is 6.17. The molecule has 0 aliphatic heterocycles. The summed E-state index contributed by atoms with van der Waals surface area (Å²) in [5.41, 5.74) is 0.357. The van der Waals surface area contributed by atoms with Crippen molar-refractivity contribution in [1.82, 2.24) is 0 Å². The van der Waals surface area contributed by atoms with Gasteiger partial charge in [0.1, 0.15) is 0 Å². The Morgan fingerprint density at radius 3 is 2.48 bits per heavy atom. The van der Waals surface area contributed by atoms with Crippen molar-refractivity contribution in [3.05, 3.63) is 35.1 Å². The maximum Gasteiger partial charge on any atom is 0.194 e. The van der Waals surface area contributed by atoms with Crippen molar-refractivity contribution in [3.63, 3.8) is 0 Å². The summed E-state index contributed by atoms with van der Waals surface area (Å²) in [6.07, 6.45) is 9.98. The number of benzene rings is 1. The molecule has 4 atom stereocenters. The lowest BCUT2D eigenvalue weighted by Gasteiger charge is -2.42. The lowest BCUT2D eigenvalue weighted by atomic mass is 9.65. The monoisotopic (exact) mass is 354 g/mol. The molecule has 0 N–H and O–H groups in total. The smallest absolute Gasteiger partial charge is 0.194 e. The van der Waals surface area contributed by atoms with Crippen LogP contribution in [-0.4, -0.2) is 12.7 Å². The van der Waals surface area contributed by atoms with Crippen LogP contribution in [-0.2, 0) is 4.74 Å². The van der Waals surface area contributed by atoms with E-state index in [9.17, 15) is 13.2 Å². The van der Waals surface area contributed by atoms with Gasteiger partial charge >= 0.3 is 0 Å². The molecule has 2 aliphatic rings. The van der Waals surface area contributed by atoms with Gasteiger partial charge in [0.05, 0.1) is 6.10 Å². The van der Waals surface area contributed by atoms with Gasteiger partial charge in [0.25, 0.3) is 0 Å². The second-order valence-corrected chi connectivity index (χ2v) is 7.81. The number of fused-ring (bicyclic) bond motifs is 1. The first-order valence-corrected chi connectivity index (χ1v) is 9.85. The van der Waals surface area contributed by atoms with Gasteiger partial charge in [-0.1, -0.05) is 25.8 Å². The summed E-state index contributed by atoms with van der Waals surface area (Å²) in [6, 6.07) is 2.49. The van der Waals surface area contributed by atoms with E-state index in [1.54, 1.807) is 0 Å². The topological polar surface area (TPSA) is 9.23 Å². The normalized spacial score (nSPS) is 29.4. The highest BCUT2D eigenvalue weighted by atomic mass is 19.2. The van der Waals surface area contributed by atoms with Crippen molar-refractivity contribution in [1.29, 1.82) is 0 Å². The van der Waals surface area contributed by atoms with Gasteiger partial charge in [-0.2, -0.15) is 0 Å². The van der Waals surface area contributed by atoms with Crippen molar-refractivity contribution in [2.75, 3.05) is 6.61 Å². The van der Waals surface area contributed by atoms with Crippen molar-refractivity contribution < 1.29 is 17.9 Å². The Morgan fingerprint density at radius 1 is 0.920 bits per heavy atom. The average molecular weight is 354 g/mol.